The summed E-state index contributed by atoms with van der Waals surface area (Å²) >= 11 is 7.21. The van der Waals surface area contributed by atoms with Gasteiger partial charge in [0, 0.05) is 30.8 Å². The van der Waals surface area contributed by atoms with Gasteiger partial charge in [0.2, 0.25) is 0 Å². The van der Waals surface area contributed by atoms with Crippen molar-refractivity contribution in [3.05, 3.63) is 15.3 Å². The van der Waals surface area contributed by atoms with Gasteiger partial charge in [0.1, 0.15) is 11.5 Å². The third-order valence-corrected chi connectivity index (χ3v) is 8.54. The minimum Gasteiger partial charge on any atom is -0.447 e. The lowest BCUT2D eigenvalue weighted by molar-refractivity contribution is 0.0619. The first-order valence-corrected chi connectivity index (χ1v) is 12.5. The van der Waals surface area contributed by atoms with Crippen LogP contribution in [0.5, 0.6) is 0 Å². The van der Waals surface area contributed by atoms with E-state index in [1.807, 2.05) is 4.90 Å². The number of carbonyl (C=O) groups excluding carboxylic acids is 2. The second-order valence-corrected chi connectivity index (χ2v) is 10.7. The molecule has 1 aromatic heterocycles. The number of likely N-dealkylation sites (tertiary alicyclic amines) is 1. The van der Waals surface area contributed by atoms with Gasteiger partial charge in [-0.3, -0.25) is 9.69 Å². The average Bonchev–Trinajstić information content (AvgIpc) is 3.23. The number of sulfone groups is 1. The normalized spacial score (nSPS) is 22.4. The van der Waals surface area contributed by atoms with Crippen molar-refractivity contribution in [2.75, 3.05) is 26.0 Å². The molecule has 0 aromatic carbocycles. The average molecular weight is 449 g/mol. The Labute approximate surface area is 174 Å². The molecule has 3 rings (SSSR count). The van der Waals surface area contributed by atoms with Gasteiger partial charge < -0.3 is 9.64 Å². The summed E-state index contributed by atoms with van der Waals surface area (Å²) in [6.07, 6.45) is 3.10. The summed E-state index contributed by atoms with van der Waals surface area (Å²) in [4.78, 5) is 28.8. The highest BCUT2D eigenvalue weighted by Gasteiger charge is 2.42. The number of ether oxygens (including phenoxy) is 1. The van der Waals surface area contributed by atoms with E-state index in [4.69, 9.17) is 16.3 Å². The summed E-state index contributed by atoms with van der Waals surface area (Å²) in [5.41, 5.74) is 0. The smallest absolute Gasteiger partial charge is 0.410 e. The Balaban J connectivity index is 1.68. The van der Waals surface area contributed by atoms with Crippen molar-refractivity contribution < 1.29 is 22.7 Å². The molecule has 156 valence electrons. The van der Waals surface area contributed by atoms with Gasteiger partial charge in [-0.05, 0) is 18.8 Å². The van der Waals surface area contributed by atoms with Crippen LogP contribution in [0, 0.1) is 5.92 Å². The van der Waals surface area contributed by atoms with Crippen LogP contribution >= 0.6 is 22.9 Å². The topological polar surface area (TPSA) is 84.0 Å². The first kappa shape index (κ1) is 21.4. The molecule has 0 N–H and O–H groups in total. The SMILES string of the molecule is CC[C@H](C)[C@@H]1COC(=O)N1C1CCN(C(=O)c2scc(S(C)(=O)=O)c2Cl)CC1. The lowest BCUT2D eigenvalue weighted by Crippen LogP contribution is -2.51. The molecule has 2 saturated heterocycles. The highest BCUT2D eigenvalue weighted by atomic mass is 35.5. The standard InChI is InChI=1S/C18H25ClN2O5S2/c1-4-11(2)13-9-26-18(23)21(13)12-5-7-20(8-6-12)17(22)16-15(19)14(10-27-16)28(3,24)25/h10-13H,4-9H2,1-3H3/t11-,13-/m0/s1. The lowest BCUT2D eigenvalue weighted by atomic mass is 9.95. The third kappa shape index (κ3) is 4.02. The van der Waals surface area contributed by atoms with Crippen LogP contribution in [0.3, 0.4) is 0 Å². The first-order valence-electron chi connectivity index (χ1n) is 9.36. The largest absolute Gasteiger partial charge is 0.447 e. The molecule has 2 amide bonds. The molecule has 2 aliphatic rings. The van der Waals surface area contributed by atoms with E-state index >= 15 is 0 Å². The minimum absolute atomic E-state index is 0.000390. The summed E-state index contributed by atoms with van der Waals surface area (Å²) in [5, 5.41) is 1.41. The number of cyclic esters (lactones) is 1. The van der Waals surface area contributed by atoms with Gasteiger partial charge in [0.25, 0.3) is 5.91 Å². The van der Waals surface area contributed by atoms with E-state index in [0.29, 0.717) is 38.5 Å². The number of halogens is 1. The van der Waals surface area contributed by atoms with Crippen molar-refractivity contribution in [1.82, 2.24) is 9.80 Å². The van der Waals surface area contributed by atoms with Crippen LogP contribution in [-0.4, -0.2) is 68.3 Å². The van der Waals surface area contributed by atoms with Gasteiger partial charge in [-0.15, -0.1) is 11.3 Å². The molecule has 0 spiro atoms. The summed E-state index contributed by atoms with van der Waals surface area (Å²) in [5.74, 6) is 0.0938. The Morgan fingerprint density at radius 1 is 1.39 bits per heavy atom. The maximum Gasteiger partial charge on any atom is 0.410 e. The highest BCUT2D eigenvalue weighted by Crippen LogP contribution is 2.34. The number of rotatable bonds is 5. The Morgan fingerprint density at radius 2 is 2.04 bits per heavy atom. The van der Waals surface area contributed by atoms with E-state index in [1.165, 1.54) is 5.38 Å². The van der Waals surface area contributed by atoms with Crippen LogP contribution in [0.1, 0.15) is 42.8 Å². The zero-order chi connectivity index (χ0) is 20.6. The van der Waals surface area contributed by atoms with Crippen LogP contribution in [0.2, 0.25) is 5.02 Å². The minimum atomic E-state index is -3.47. The molecule has 0 aliphatic carbocycles. The molecule has 2 fully saturated rings. The number of hydrogen-bond donors (Lipinski definition) is 0. The van der Waals surface area contributed by atoms with Crippen LogP contribution in [0.4, 0.5) is 4.79 Å². The van der Waals surface area contributed by atoms with Gasteiger partial charge in [0.15, 0.2) is 9.84 Å². The predicted molar refractivity (Wildman–Crippen MR) is 108 cm³/mol. The fourth-order valence-corrected chi connectivity index (χ4v) is 6.67. The van der Waals surface area contributed by atoms with Crippen molar-refractivity contribution >= 4 is 44.8 Å². The Hall–Kier alpha value is -1.32. The van der Waals surface area contributed by atoms with Gasteiger partial charge in [-0.2, -0.15) is 0 Å². The molecule has 28 heavy (non-hydrogen) atoms. The zero-order valence-electron chi connectivity index (χ0n) is 16.2. The van der Waals surface area contributed by atoms with Crippen LogP contribution in [0.15, 0.2) is 10.3 Å². The predicted octanol–water partition coefficient (Wildman–Crippen LogP) is 3.28. The van der Waals surface area contributed by atoms with E-state index in [9.17, 15) is 18.0 Å². The van der Waals surface area contributed by atoms with Crippen LogP contribution in [-0.2, 0) is 14.6 Å². The Kier molecular flexibility index (Phi) is 6.26. The third-order valence-electron chi connectivity index (χ3n) is 5.68. The van der Waals surface area contributed by atoms with Crippen molar-refractivity contribution in [3.8, 4) is 0 Å². The second kappa shape index (κ2) is 8.20. The summed E-state index contributed by atoms with van der Waals surface area (Å²) in [6, 6.07) is 0.122. The molecular formula is C18H25ClN2O5S2. The molecule has 0 bridgehead atoms. The van der Waals surface area contributed by atoms with E-state index in [0.717, 1.165) is 24.0 Å². The van der Waals surface area contributed by atoms with E-state index < -0.39 is 9.84 Å². The van der Waals surface area contributed by atoms with Crippen molar-refractivity contribution in [2.24, 2.45) is 5.92 Å². The molecular weight excluding hydrogens is 424 g/mol. The zero-order valence-corrected chi connectivity index (χ0v) is 18.6. The summed E-state index contributed by atoms with van der Waals surface area (Å²) in [7, 11) is -3.47. The number of amides is 2. The number of hydrogen-bond acceptors (Lipinski definition) is 6. The lowest BCUT2D eigenvalue weighted by Gasteiger charge is -2.39. The molecule has 2 atom stereocenters. The van der Waals surface area contributed by atoms with Gasteiger partial charge in [-0.25, -0.2) is 13.2 Å². The molecule has 0 unspecified atom stereocenters. The van der Waals surface area contributed by atoms with Gasteiger partial charge in [0.05, 0.1) is 16.0 Å². The van der Waals surface area contributed by atoms with Crippen molar-refractivity contribution in [2.45, 2.75) is 50.1 Å². The van der Waals surface area contributed by atoms with Crippen molar-refractivity contribution in [1.29, 1.82) is 0 Å². The molecule has 0 saturated carbocycles. The molecule has 0 radical (unpaired) electrons. The molecule has 10 heteroatoms. The summed E-state index contributed by atoms with van der Waals surface area (Å²) < 4.78 is 28.8. The fourth-order valence-electron chi connectivity index (χ4n) is 3.79. The second-order valence-electron chi connectivity index (χ2n) is 7.48. The van der Waals surface area contributed by atoms with E-state index in [-0.39, 0.29) is 38.9 Å². The van der Waals surface area contributed by atoms with Crippen molar-refractivity contribution in [3.63, 3.8) is 0 Å². The summed E-state index contributed by atoms with van der Waals surface area (Å²) in [6.45, 7) is 5.62. The van der Waals surface area contributed by atoms with E-state index in [1.54, 1.807) is 4.90 Å². The first-order chi connectivity index (χ1) is 13.1. The van der Waals surface area contributed by atoms with Crippen LogP contribution < -0.4 is 0 Å². The van der Waals surface area contributed by atoms with Crippen LogP contribution in [0.25, 0.3) is 0 Å². The van der Waals surface area contributed by atoms with Gasteiger partial charge >= 0.3 is 6.09 Å². The number of thiophene rings is 1. The quantitative estimate of drug-likeness (QED) is 0.690. The Bertz CT molecular complexity index is 861. The Morgan fingerprint density at radius 3 is 2.57 bits per heavy atom. The number of carbonyl (C=O) groups is 2. The molecule has 1 aromatic rings. The number of piperidine rings is 1. The molecule has 7 nitrogen and oxygen atoms in total. The fraction of sp³-hybridized carbons (Fsp3) is 0.667. The molecule has 2 aliphatic heterocycles. The maximum atomic E-state index is 12.8. The van der Waals surface area contributed by atoms with Gasteiger partial charge in [-0.1, -0.05) is 31.9 Å². The maximum absolute atomic E-state index is 12.8. The highest BCUT2D eigenvalue weighted by molar-refractivity contribution is 7.91. The monoisotopic (exact) mass is 448 g/mol. The van der Waals surface area contributed by atoms with E-state index in [2.05, 4.69) is 13.8 Å². The molecule has 3 heterocycles. The number of nitrogens with zero attached hydrogens (tertiary/aromatic N) is 2.